The Balaban J connectivity index is 1.45. The van der Waals surface area contributed by atoms with Crippen LogP contribution in [0.25, 0.3) is 0 Å². The molecule has 2 aliphatic rings. The Kier molecular flexibility index (Phi) is 5.96. The van der Waals surface area contributed by atoms with Crippen molar-refractivity contribution in [1.82, 2.24) is 14.5 Å². The summed E-state index contributed by atoms with van der Waals surface area (Å²) in [6, 6.07) is 10.4. The van der Waals surface area contributed by atoms with Gasteiger partial charge in [-0.3, -0.25) is 14.5 Å². The smallest absolute Gasteiger partial charge is 0.319 e. The van der Waals surface area contributed by atoms with Gasteiger partial charge in [-0.25, -0.2) is 13.2 Å². The highest BCUT2D eigenvalue weighted by Gasteiger charge is 2.33. The molecule has 11 heteroatoms. The number of nitrogens with zero attached hydrogens (tertiary/aromatic N) is 2. The summed E-state index contributed by atoms with van der Waals surface area (Å²) in [4.78, 5) is 37.6. The van der Waals surface area contributed by atoms with Gasteiger partial charge >= 0.3 is 6.03 Å². The lowest BCUT2D eigenvalue weighted by molar-refractivity contribution is 0.0693. The minimum Gasteiger partial charge on any atom is -0.379 e. The van der Waals surface area contributed by atoms with Gasteiger partial charge in [0.15, 0.2) is 0 Å². The van der Waals surface area contributed by atoms with E-state index in [-0.39, 0.29) is 41.6 Å². The number of imide groups is 1. The van der Waals surface area contributed by atoms with Crippen LogP contribution in [0.3, 0.4) is 0 Å². The highest BCUT2D eigenvalue weighted by Crippen LogP contribution is 2.25. The molecule has 0 aromatic heterocycles. The fourth-order valence-corrected chi connectivity index (χ4v) is 5.25. The fraction of sp³-hybridized carbons (Fsp3) is 0.286. The Hall–Kier alpha value is -3.28. The number of carbonyl (C=O) groups is 3. The van der Waals surface area contributed by atoms with Crippen LogP contribution in [-0.2, 0) is 21.3 Å². The van der Waals surface area contributed by atoms with Crippen molar-refractivity contribution in [2.45, 2.75) is 11.4 Å². The standard InChI is InChI=1S/C21H22N4O6S/c1-24-19(26)16-7-6-15(12-17(16)20(24)27)23-21(28)22-13-14-4-2-3-5-18(14)32(29,30)25-8-10-31-11-9-25/h2-7,12H,8-11,13H2,1H3,(H2,22,23,28). The van der Waals surface area contributed by atoms with Crippen molar-refractivity contribution >= 4 is 33.6 Å². The van der Waals surface area contributed by atoms with E-state index >= 15 is 0 Å². The zero-order valence-electron chi connectivity index (χ0n) is 17.3. The molecule has 4 rings (SSSR count). The van der Waals surface area contributed by atoms with Gasteiger partial charge in [0, 0.05) is 32.4 Å². The van der Waals surface area contributed by atoms with Gasteiger partial charge in [0.05, 0.1) is 29.2 Å². The third-order valence-electron chi connectivity index (χ3n) is 5.35. The van der Waals surface area contributed by atoms with Crippen LogP contribution < -0.4 is 10.6 Å². The minimum absolute atomic E-state index is 0.0172. The van der Waals surface area contributed by atoms with Gasteiger partial charge in [-0.1, -0.05) is 18.2 Å². The van der Waals surface area contributed by atoms with E-state index in [1.165, 1.54) is 35.6 Å². The molecule has 2 heterocycles. The molecular formula is C21H22N4O6S. The summed E-state index contributed by atoms with van der Waals surface area (Å²) in [6.07, 6.45) is 0. The molecule has 1 saturated heterocycles. The topological polar surface area (TPSA) is 125 Å². The molecule has 1 fully saturated rings. The Morgan fingerprint density at radius 3 is 2.47 bits per heavy atom. The highest BCUT2D eigenvalue weighted by molar-refractivity contribution is 7.89. The summed E-state index contributed by atoms with van der Waals surface area (Å²) in [6.45, 7) is 1.22. The predicted molar refractivity (Wildman–Crippen MR) is 115 cm³/mol. The zero-order valence-corrected chi connectivity index (χ0v) is 18.1. The van der Waals surface area contributed by atoms with Crippen LogP contribution in [0.15, 0.2) is 47.4 Å². The molecule has 10 nitrogen and oxygen atoms in total. The normalized spacial score (nSPS) is 16.7. The van der Waals surface area contributed by atoms with Crippen molar-refractivity contribution < 1.29 is 27.5 Å². The maximum atomic E-state index is 13.0. The molecule has 0 spiro atoms. The molecule has 0 atom stereocenters. The van der Waals surface area contributed by atoms with Crippen molar-refractivity contribution in [1.29, 1.82) is 0 Å². The van der Waals surface area contributed by atoms with Crippen molar-refractivity contribution in [3.63, 3.8) is 0 Å². The highest BCUT2D eigenvalue weighted by atomic mass is 32.2. The Labute approximate surface area is 185 Å². The molecule has 0 saturated carbocycles. The van der Waals surface area contributed by atoms with Crippen LogP contribution in [0.5, 0.6) is 0 Å². The van der Waals surface area contributed by atoms with Crippen molar-refractivity contribution in [2.75, 3.05) is 38.7 Å². The number of carbonyl (C=O) groups excluding carboxylic acids is 3. The van der Waals surface area contributed by atoms with Gasteiger partial charge in [0.2, 0.25) is 10.0 Å². The first-order valence-electron chi connectivity index (χ1n) is 9.96. The first kappa shape index (κ1) is 21.9. The predicted octanol–water partition coefficient (Wildman–Crippen LogP) is 1.25. The van der Waals surface area contributed by atoms with Crippen LogP contribution in [0.2, 0.25) is 0 Å². The maximum Gasteiger partial charge on any atom is 0.319 e. The second-order valence-corrected chi connectivity index (χ2v) is 9.27. The van der Waals surface area contributed by atoms with E-state index in [4.69, 9.17) is 4.74 Å². The molecule has 0 bridgehead atoms. The molecular weight excluding hydrogens is 436 g/mol. The average Bonchev–Trinajstić information content (AvgIpc) is 3.02. The van der Waals surface area contributed by atoms with Crippen LogP contribution in [-0.4, -0.2) is 68.8 Å². The number of amides is 4. The number of rotatable bonds is 5. The average molecular weight is 458 g/mol. The molecule has 0 aliphatic carbocycles. The number of nitrogens with one attached hydrogen (secondary N) is 2. The van der Waals surface area contributed by atoms with Gasteiger partial charge in [-0.15, -0.1) is 0 Å². The first-order chi connectivity index (χ1) is 15.3. The molecule has 2 aromatic carbocycles. The van der Waals surface area contributed by atoms with E-state index in [0.717, 1.165) is 4.90 Å². The minimum atomic E-state index is -3.72. The summed E-state index contributed by atoms with van der Waals surface area (Å²) >= 11 is 0. The third-order valence-corrected chi connectivity index (χ3v) is 7.35. The lowest BCUT2D eigenvalue weighted by Gasteiger charge is -2.27. The van der Waals surface area contributed by atoms with Gasteiger partial charge in [0.1, 0.15) is 0 Å². The lowest BCUT2D eigenvalue weighted by atomic mass is 10.1. The fourth-order valence-electron chi connectivity index (χ4n) is 3.62. The largest absolute Gasteiger partial charge is 0.379 e. The number of urea groups is 1. The van der Waals surface area contributed by atoms with E-state index in [0.29, 0.717) is 24.5 Å². The van der Waals surface area contributed by atoms with Crippen molar-refractivity contribution in [3.8, 4) is 0 Å². The molecule has 2 aliphatic heterocycles. The number of anilines is 1. The molecule has 2 N–H and O–H groups in total. The maximum absolute atomic E-state index is 13.0. The number of ether oxygens (including phenoxy) is 1. The summed E-state index contributed by atoms with van der Waals surface area (Å²) < 4.78 is 32.6. The van der Waals surface area contributed by atoms with E-state index in [1.807, 2.05) is 0 Å². The van der Waals surface area contributed by atoms with E-state index in [2.05, 4.69) is 10.6 Å². The number of hydrogen-bond acceptors (Lipinski definition) is 6. The van der Waals surface area contributed by atoms with E-state index < -0.39 is 22.0 Å². The van der Waals surface area contributed by atoms with E-state index in [9.17, 15) is 22.8 Å². The van der Waals surface area contributed by atoms with Crippen molar-refractivity contribution in [3.05, 3.63) is 59.2 Å². The van der Waals surface area contributed by atoms with Gasteiger partial charge < -0.3 is 15.4 Å². The zero-order chi connectivity index (χ0) is 22.9. The Morgan fingerprint density at radius 2 is 1.72 bits per heavy atom. The number of morpholine rings is 1. The van der Waals surface area contributed by atoms with Gasteiger partial charge in [-0.05, 0) is 29.8 Å². The molecule has 2 aromatic rings. The summed E-state index contributed by atoms with van der Waals surface area (Å²) in [5.41, 5.74) is 1.29. The number of hydrogen-bond donors (Lipinski definition) is 2. The van der Waals surface area contributed by atoms with Crippen LogP contribution >= 0.6 is 0 Å². The van der Waals surface area contributed by atoms with Gasteiger partial charge in [0.25, 0.3) is 11.8 Å². The molecule has 168 valence electrons. The SMILES string of the molecule is CN1C(=O)c2ccc(NC(=O)NCc3ccccc3S(=O)(=O)N3CCOCC3)cc2C1=O. The summed E-state index contributed by atoms with van der Waals surface area (Å²) in [5.74, 6) is -0.824. The van der Waals surface area contributed by atoms with Crippen LogP contribution in [0.1, 0.15) is 26.3 Å². The second-order valence-electron chi connectivity index (χ2n) is 7.36. The molecule has 0 radical (unpaired) electrons. The van der Waals surface area contributed by atoms with E-state index in [1.54, 1.807) is 18.2 Å². The first-order valence-corrected chi connectivity index (χ1v) is 11.4. The Bertz CT molecular complexity index is 1190. The van der Waals surface area contributed by atoms with Crippen molar-refractivity contribution in [2.24, 2.45) is 0 Å². The summed E-state index contributed by atoms with van der Waals surface area (Å²) in [5, 5.41) is 5.24. The molecule has 32 heavy (non-hydrogen) atoms. The third kappa shape index (κ3) is 4.09. The number of fused-ring (bicyclic) bond motifs is 1. The second kappa shape index (κ2) is 8.69. The number of benzene rings is 2. The monoisotopic (exact) mass is 458 g/mol. The quantitative estimate of drug-likeness (QED) is 0.650. The molecule has 0 unspecified atom stereocenters. The lowest BCUT2D eigenvalue weighted by Crippen LogP contribution is -2.41. The number of sulfonamides is 1. The van der Waals surface area contributed by atoms with Crippen LogP contribution in [0, 0.1) is 0 Å². The molecule has 4 amide bonds. The Morgan fingerprint density at radius 1 is 1.03 bits per heavy atom. The summed E-state index contributed by atoms with van der Waals surface area (Å²) in [7, 11) is -2.32. The van der Waals surface area contributed by atoms with Crippen LogP contribution in [0.4, 0.5) is 10.5 Å². The van der Waals surface area contributed by atoms with Gasteiger partial charge in [-0.2, -0.15) is 4.31 Å².